The minimum Gasteiger partial charge on any atom is -0.426 e. The number of halogens is 1. The molecule has 1 aliphatic rings. The normalized spacial score (nSPS) is 21.3. The number of morpholine rings is 1. The predicted molar refractivity (Wildman–Crippen MR) is 81.1 cm³/mol. The van der Waals surface area contributed by atoms with Gasteiger partial charge in [-0.25, -0.2) is 4.39 Å². The first-order valence-electron chi connectivity index (χ1n) is 7.49. The molecule has 3 rings (SSSR count). The zero-order valence-electron chi connectivity index (χ0n) is 13.0. The third kappa shape index (κ3) is 3.71. The Morgan fingerprint density at radius 3 is 2.65 bits per heavy atom. The Kier molecular flexibility index (Phi) is 4.34. The fraction of sp³-hybridized carbons (Fsp3) is 0.353. The monoisotopic (exact) mass is 319 g/mol. The zero-order valence-corrected chi connectivity index (χ0v) is 13.0. The van der Waals surface area contributed by atoms with E-state index in [0.717, 1.165) is 0 Å². The Morgan fingerprint density at radius 2 is 1.96 bits per heavy atom. The van der Waals surface area contributed by atoms with Gasteiger partial charge in [0, 0.05) is 25.2 Å². The molecule has 23 heavy (non-hydrogen) atoms. The van der Waals surface area contributed by atoms with Gasteiger partial charge in [-0.05, 0) is 32.0 Å². The van der Waals surface area contributed by atoms with Crippen molar-refractivity contribution in [2.45, 2.75) is 26.1 Å². The highest BCUT2D eigenvalue weighted by Crippen LogP contribution is 2.25. The lowest BCUT2D eigenvalue weighted by atomic mass is 10.2. The molecular weight excluding hydrogens is 301 g/mol. The SMILES string of the molecule is CC1CN(C(=O)c2ccc(Oc3cccc(F)c3)o2)CC(C)O1. The van der Waals surface area contributed by atoms with Crippen molar-refractivity contribution < 1.29 is 23.1 Å². The Labute approximate surface area is 133 Å². The Balaban J connectivity index is 1.70. The van der Waals surface area contributed by atoms with Gasteiger partial charge in [-0.2, -0.15) is 0 Å². The van der Waals surface area contributed by atoms with Gasteiger partial charge in [-0.3, -0.25) is 4.79 Å². The molecule has 2 aromatic rings. The summed E-state index contributed by atoms with van der Waals surface area (Å²) >= 11 is 0. The van der Waals surface area contributed by atoms with Crippen LogP contribution in [0.15, 0.2) is 40.8 Å². The maximum Gasteiger partial charge on any atom is 0.290 e. The molecule has 0 N–H and O–H groups in total. The van der Waals surface area contributed by atoms with Crippen molar-refractivity contribution >= 4 is 5.91 Å². The molecule has 2 atom stereocenters. The molecule has 0 radical (unpaired) electrons. The molecule has 1 aromatic heterocycles. The topological polar surface area (TPSA) is 51.9 Å². The van der Waals surface area contributed by atoms with Crippen molar-refractivity contribution in [3.05, 3.63) is 48.0 Å². The van der Waals surface area contributed by atoms with Crippen LogP contribution in [0.25, 0.3) is 0 Å². The summed E-state index contributed by atoms with van der Waals surface area (Å²) < 4.78 is 29.6. The summed E-state index contributed by atoms with van der Waals surface area (Å²) in [5, 5.41) is 0. The quantitative estimate of drug-likeness (QED) is 0.869. The van der Waals surface area contributed by atoms with Gasteiger partial charge in [0.2, 0.25) is 0 Å². The van der Waals surface area contributed by atoms with Gasteiger partial charge in [0.25, 0.3) is 11.9 Å². The molecule has 1 fully saturated rings. The van der Waals surface area contributed by atoms with Crippen molar-refractivity contribution in [3.63, 3.8) is 0 Å². The summed E-state index contributed by atoms with van der Waals surface area (Å²) in [4.78, 5) is 14.2. The van der Waals surface area contributed by atoms with Crippen molar-refractivity contribution in [2.75, 3.05) is 13.1 Å². The number of nitrogens with zero attached hydrogens (tertiary/aromatic N) is 1. The second-order valence-corrected chi connectivity index (χ2v) is 5.65. The largest absolute Gasteiger partial charge is 0.426 e. The van der Waals surface area contributed by atoms with Crippen LogP contribution in [-0.2, 0) is 4.74 Å². The first-order valence-corrected chi connectivity index (χ1v) is 7.49. The van der Waals surface area contributed by atoms with Crippen LogP contribution in [0.3, 0.4) is 0 Å². The highest BCUT2D eigenvalue weighted by Gasteiger charge is 2.28. The Bertz CT molecular complexity index is 689. The van der Waals surface area contributed by atoms with Crippen LogP contribution in [0.5, 0.6) is 11.7 Å². The van der Waals surface area contributed by atoms with Crippen LogP contribution in [0.2, 0.25) is 0 Å². The summed E-state index contributed by atoms with van der Waals surface area (Å²) in [7, 11) is 0. The standard InChI is InChI=1S/C17H18FNO4/c1-11-9-19(10-12(2)21-11)17(20)15-6-7-16(23-15)22-14-5-3-4-13(18)8-14/h3-8,11-12H,9-10H2,1-2H3. The van der Waals surface area contributed by atoms with E-state index < -0.39 is 5.82 Å². The van der Waals surface area contributed by atoms with E-state index in [0.29, 0.717) is 18.8 Å². The van der Waals surface area contributed by atoms with Gasteiger partial charge in [-0.15, -0.1) is 0 Å². The van der Waals surface area contributed by atoms with E-state index in [2.05, 4.69) is 0 Å². The van der Waals surface area contributed by atoms with Gasteiger partial charge in [0.1, 0.15) is 11.6 Å². The summed E-state index contributed by atoms with van der Waals surface area (Å²) in [6, 6.07) is 8.82. The molecule has 0 bridgehead atoms. The van der Waals surface area contributed by atoms with Crippen LogP contribution < -0.4 is 4.74 Å². The average molecular weight is 319 g/mol. The highest BCUT2D eigenvalue weighted by molar-refractivity contribution is 5.91. The number of hydrogen-bond acceptors (Lipinski definition) is 4. The van der Waals surface area contributed by atoms with Gasteiger partial charge >= 0.3 is 0 Å². The van der Waals surface area contributed by atoms with Gasteiger partial charge in [-0.1, -0.05) is 6.07 Å². The lowest BCUT2D eigenvalue weighted by Crippen LogP contribution is -2.48. The van der Waals surface area contributed by atoms with E-state index in [1.165, 1.54) is 18.2 Å². The second kappa shape index (κ2) is 6.42. The number of amides is 1. The Hall–Kier alpha value is -2.34. The van der Waals surface area contributed by atoms with Crippen LogP contribution >= 0.6 is 0 Å². The summed E-state index contributed by atoms with van der Waals surface area (Å²) in [6.45, 7) is 4.89. The van der Waals surface area contributed by atoms with E-state index in [-0.39, 0.29) is 29.8 Å². The molecule has 1 saturated heterocycles. The summed E-state index contributed by atoms with van der Waals surface area (Å²) in [6.07, 6.45) is -0.0265. The molecule has 0 saturated carbocycles. The van der Waals surface area contributed by atoms with Gasteiger partial charge in [0.15, 0.2) is 5.76 Å². The van der Waals surface area contributed by atoms with E-state index in [4.69, 9.17) is 13.9 Å². The molecule has 1 amide bonds. The van der Waals surface area contributed by atoms with Gasteiger partial charge < -0.3 is 18.8 Å². The molecule has 5 nitrogen and oxygen atoms in total. The molecular formula is C17H18FNO4. The lowest BCUT2D eigenvalue weighted by molar-refractivity contribution is -0.0592. The minimum absolute atomic E-state index is 0.0133. The van der Waals surface area contributed by atoms with E-state index in [1.807, 2.05) is 13.8 Å². The van der Waals surface area contributed by atoms with E-state index >= 15 is 0 Å². The summed E-state index contributed by atoms with van der Waals surface area (Å²) in [5.74, 6) is 0.0423. The third-order valence-electron chi connectivity index (χ3n) is 3.51. The maximum atomic E-state index is 13.1. The third-order valence-corrected chi connectivity index (χ3v) is 3.51. The Morgan fingerprint density at radius 1 is 1.22 bits per heavy atom. The maximum absolute atomic E-state index is 13.1. The number of benzene rings is 1. The van der Waals surface area contributed by atoms with Crippen LogP contribution in [0.4, 0.5) is 4.39 Å². The number of hydrogen-bond donors (Lipinski definition) is 0. The second-order valence-electron chi connectivity index (χ2n) is 5.65. The molecule has 2 unspecified atom stereocenters. The van der Waals surface area contributed by atoms with Crippen molar-refractivity contribution in [3.8, 4) is 11.7 Å². The number of furan rings is 1. The van der Waals surface area contributed by atoms with Crippen LogP contribution in [-0.4, -0.2) is 36.1 Å². The smallest absolute Gasteiger partial charge is 0.290 e. The fourth-order valence-corrected chi connectivity index (χ4v) is 2.64. The number of carbonyl (C=O) groups excluding carboxylic acids is 1. The molecule has 1 aliphatic heterocycles. The molecule has 1 aromatic carbocycles. The van der Waals surface area contributed by atoms with E-state index in [9.17, 15) is 9.18 Å². The van der Waals surface area contributed by atoms with Gasteiger partial charge in [0.05, 0.1) is 12.2 Å². The lowest BCUT2D eigenvalue weighted by Gasteiger charge is -2.34. The highest BCUT2D eigenvalue weighted by atomic mass is 19.1. The first-order chi connectivity index (χ1) is 11.0. The molecule has 6 heteroatoms. The van der Waals surface area contributed by atoms with Crippen molar-refractivity contribution in [2.24, 2.45) is 0 Å². The average Bonchev–Trinajstić information content (AvgIpc) is 2.94. The first kappa shape index (κ1) is 15.6. The zero-order chi connectivity index (χ0) is 16.4. The fourth-order valence-electron chi connectivity index (χ4n) is 2.64. The molecule has 2 heterocycles. The van der Waals surface area contributed by atoms with Crippen molar-refractivity contribution in [1.82, 2.24) is 4.90 Å². The molecule has 0 aliphatic carbocycles. The van der Waals surface area contributed by atoms with Crippen LogP contribution in [0.1, 0.15) is 24.4 Å². The predicted octanol–water partition coefficient (Wildman–Crippen LogP) is 3.46. The van der Waals surface area contributed by atoms with Crippen molar-refractivity contribution in [1.29, 1.82) is 0 Å². The summed E-state index contributed by atoms with van der Waals surface area (Å²) in [5.41, 5.74) is 0. The molecule has 0 spiro atoms. The van der Waals surface area contributed by atoms with E-state index in [1.54, 1.807) is 23.1 Å². The number of ether oxygens (including phenoxy) is 2. The minimum atomic E-state index is -0.401. The number of carbonyl (C=O) groups is 1. The molecule has 122 valence electrons. The van der Waals surface area contributed by atoms with Crippen LogP contribution in [0, 0.1) is 5.82 Å². The number of rotatable bonds is 3.